The second kappa shape index (κ2) is 5.99. The van der Waals surface area contributed by atoms with Crippen LogP contribution in [0, 0.1) is 0 Å². The molecule has 1 aromatic heterocycles. The van der Waals surface area contributed by atoms with Gasteiger partial charge in [-0.1, -0.05) is 49.5 Å². The lowest BCUT2D eigenvalue weighted by Gasteiger charge is -2.15. The molecule has 18 heavy (non-hydrogen) atoms. The predicted molar refractivity (Wildman–Crippen MR) is 89.3 cm³/mol. The van der Waals surface area contributed by atoms with Crippen LogP contribution in [0.25, 0.3) is 11.3 Å². The van der Waals surface area contributed by atoms with E-state index in [4.69, 9.17) is 5.73 Å². The van der Waals surface area contributed by atoms with E-state index < -0.39 is 8.07 Å². The lowest BCUT2D eigenvalue weighted by Crippen LogP contribution is -2.23. The zero-order chi connectivity index (χ0) is 12.5. The molecule has 0 aliphatic heterocycles. The molecule has 2 rings (SSSR count). The topological polar surface area (TPSA) is 38.9 Å². The third-order valence-electron chi connectivity index (χ3n) is 2.51. The molecule has 0 spiro atoms. The Morgan fingerprint density at radius 1 is 1.17 bits per heavy atom. The van der Waals surface area contributed by atoms with Crippen molar-refractivity contribution in [3.8, 4) is 11.3 Å². The van der Waals surface area contributed by atoms with Crippen molar-refractivity contribution in [3.63, 3.8) is 0 Å². The minimum Gasteiger partial charge on any atom is -0.375 e. The number of nitrogens with two attached hydrogens (primary N) is 1. The standard InChI is InChI=1S/C13H18N2SSi.BrH/c1-17(2,3)9-10-4-6-11(7-5-10)12-8-16-13(14)15-12;/h4-8H,9H2,1-3H3,(H2,14,15);1H. The molecule has 2 N–H and O–H groups in total. The zero-order valence-corrected chi connectivity index (χ0v) is 14.5. The lowest BCUT2D eigenvalue weighted by atomic mass is 10.1. The van der Waals surface area contributed by atoms with Crippen molar-refractivity contribution < 1.29 is 0 Å². The Labute approximate surface area is 124 Å². The van der Waals surface area contributed by atoms with Crippen molar-refractivity contribution in [3.05, 3.63) is 35.2 Å². The smallest absolute Gasteiger partial charge is 0.180 e. The van der Waals surface area contributed by atoms with Gasteiger partial charge >= 0.3 is 0 Å². The van der Waals surface area contributed by atoms with Gasteiger partial charge in [0, 0.05) is 19.0 Å². The number of hydrogen-bond acceptors (Lipinski definition) is 3. The maximum absolute atomic E-state index is 5.64. The van der Waals surface area contributed by atoms with Crippen molar-refractivity contribution in [1.82, 2.24) is 4.98 Å². The average Bonchev–Trinajstić information content (AvgIpc) is 2.63. The van der Waals surface area contributed by atoms with Gasteiger partial charge in [0.1, 0.15) is 0 Å². The normalized spacial score (nSPS) is 11.1. The molecule has 2 nitrogen and oxygen atoms in total. The molecule has 0 saturated carbocycles. The summed E-state index contributed by atoms with van der Waals surface area (Å²) in [7, 11) is -1.02. The molecule has 0 radical (unpaired) electrons. The molecule has 1 aromatic carbocycles. The van der Waals surface area contributed by atoms with Crippen LogP contribution < -0.4 is 5.73 Å². The van der Waals surface area contributed by atoms with Gasteiger partial charge in [0.15, 0.2) is 5.13 Å². The number of halogens is 1. The Morgan fingerprint density at radius 2 is 1.78 bits per heavy atom. The molecule has 0 fully saturated rings. The second-order valence-electron chi connectivity index (χ2n) is 5.51. The molecule has 98 valence electrons. The number of nitrogens with zero attached hydrogens (tertiary/aromatic N) is 1. The average molecular weight is 343 g/mol. The van der Waals surface area contributed by atoms with E-state index in [1.165, 1.54) is 22.9 Å². The Hall–Kier alpha value is -0.653. The highest BCUT2D eigenvalue weighted by Gasteiger charge is 2.13. The van der Waals surface area contributed by atoms with Crippen molar-refractivity contribution in [1.29, 1.82) is 0 Å². The molecular formula is C13H19BrN2SSi. The van der Waals surface area contributed by atoms with Crippen molar-refractivity contribution in [2.75, 3.05) is 5.73 Å². The van der Waals surface area contributed by atoms with E-state index in [1.807, 2.05) is 5.38 Å². The third-order valence-corrected chi connectivity index (χ3v) is 4.65. The highest BCUT2D eigenvalue weighted by atomic mass is 79.9. The molecule has 1 heterocycles. The zero-order valence-electron chi connectivity index (χ0n) is 10.9. The molecule has 0 aliphatic rings. The van der Waals surface area contributed by atoms with Gasteiger partial charge in [-0.25, -0.2) is 4.98 Å². The van der Waals surface area contributed by atoms with Gasteiger partial charge < -0.3 is 5.73 Å². The van der Waals surface area contributed by atoms with E-state index in [-0.39, 0.29) is 17.0 Å². The first-order valence-corrected chi connectivity index (χ1v) is 10.3. The van der Waals surface area contributed by atoms with Gasteiger partial charge in [-0.3, -0.25) is 0 Å². The molecular weight excluding hydrogens is 324 g/mol. The Kier molecular flexibility index (Phi) is 5.13. The fraction of sp³-hybridized carbons (Fsp3) is 0.308. The van der Waals surface area contributed by atoms with Gasteiger partial charge in [-0.2, -0.15) is 0 Å². The molecule has 0 unspecified atom stereocenters. The van der Waals surface area contributed by atoms with Gasteiger partial charge in [0.25, 0.3) is 0 Å². The first-order valence-electron chi connectivity index (χ1n) is 5.74. The number of hydrogen-bond donors (Lipinski definition) is 1. The van der Waals surface area contributed by atoms with Crippen LogP contribution in [0.1, 0.15) is 5.56 Å². The van der Waals surface area contributed by atoms with Crippen LogP contribution in [0.2, 0.25) is 19.6 Å². The van der Waals surface area contributed by atoms with Gasteiger partial charge in [0.2, 0.25) is 0 Å². The molecule has 0 bridgehead atoms. The predicted octanol–water partition coefficient (Wildman–Crippen LogP) is 4.39. The van der Waals surface area contributed by atoms with E-state index in [0.717, 1.165) is 11.3 Å². The van der Waals surface area contributed by atoms with Crippen LogP contribution in [-0.2, 0) is 6.04 Å². The van der Waals surface area contributed by atoms with Crippen LogP contribution in [0.5, 0.6) is 0 Å². The molecule has 0 amide bonds. The first kappa shape index (κ1) is 15.4. The number of rotatable bonds is 3. The van der Waals surface area contributed by atoms with Gasteiger partial charge in [0.05, 0.1) is 5.69 Å². The summed E-state index contributed by atoms with van der Waals surface area (Å²) in [6, 6.07) is 9.94. The summed E-state index contributed by atoms with van der Waals surface area (Å²) in [4.78, 5) is 4.29. The van der Waals surface area contributed by atoms with Crippen LogP contribution >= 0.6 is 28.3 Å². The second-order valence-corrected chi connectivity index (χ2v) is 11.9. The number of thiazole rings is 1. The summed E-state index contributed by atoms with van der Waals surface area (Å²) in [6.45, 7) is 7.17. The highest BCUT2D eigenvalue weighted by molar-refractivity contribution is 8.93. The van der Waals surface area contributed by atoms with E-state index in [2.05, 4.69) is 48.9 Å². The third kappa shape index (κ3) is 4.22. The Bertz CT molecular complexity index is 502. The van der Waals surface area contributed by atoms with E-state index in [0.29, 0.717) is 5.13 Å². The number of aromatic nitrogens is 1. The van der Waals surface area contributed by atoms with Crippen LogP contribution in [0.15, 0.2) is 29.6 Å². The quantitative estimate of drug-likeness (QED) is 0.840. The van der Waals surface area contributed by atoms with Crippen LogP contribution in [-0.4, -0.2) is 13.1 Å². The van der Waals surface area contributed by atoms with Crippen molar-refractivity contribution >= 4 is 41.5 Å². The minimum absolute atomic E-state index is 0. The summed E-state index contributed by atoms with van der Waals surface area (Å²) < 4.78 is 0. The fourth-order valence-electron chi connectivity index (χ4n) is 1.83. The molecule has 0 aliphatic carbocycles. The van der Waals surface area contributed by atoms with Crippen molar-refractivity contribution in [2.45, 2.75) is 25.7 Å². The summed E-state index contributed by atoms with van der Waals surface area (Å²) in [5.41, 5.74) is 9.20. The molecule has 0 saturated heterocycles. The van der Waals surface area contributed by atoms with Crippen LogP contribution in [0.4, 0.5) is 5.13 Å². The highest BCUT2D eigenvalue weighted by Crippen LogP contribution is 2.24. The Morgan fingerprint density at radius 3 is 2.22 bits per heavy atom. The number of benzene rings is 1. The summed E-state index contributed by atoms with van der Waals surface area (Å²) in [6.07, 6.45) is 0. The number of anilines is 1. The molecule has 2 aromatic rings. The summed E-state index contributed by atoms with van der Waals surface area (Å²) >= 11 is 1.49. The molecule has 0 atom stereocenters. The van der Waals surface area contributed by atoms with Crippen LogP contribution in [0.3, 0.4) is 0 Å². The fourth-order valence-corrected chi connectivity index (χ4v) is 3.86. The van der Waals surface area contributed by atoms with E-state index in [1.54, 1.807) is 0 Å². The SMILES string of the molecule is Br.C[Si](C)(C)Cc1ccc(-c2csc(N)n2)cc1. The van der Waals surface area contributed by atoms with Gasteiger partial charge in [-0.15, -0.1) is 28.3 Å². The van der Waals surface area contributed by atoms with Crippen molar-refractivity contribution in [2.24, 2.45) is 0 Å². The maximum Gasteiger partial charge on any atom is 0.180 e. The first-order chi connectivity index (χ1) is 7.94. The summed E-state index contributed by atoms with van der Waals surface area (Å²) in [5.74, 6) is 0. The minimum atomic E-state index is -1.02. The van der Waals surface area contributed by atoms with E-state index in [9.17, 15) is 0 Å². The van der Waals surface area contributed by atoms with Gasteiger partial charge in [-0.05, 0) is 6.04 Å². The molecule has 5 heteroatoms. The number of nitrogen functional groups attached to an aromatic ring is 1. The summed E-state index contributed by atoms with van der Waals surface area (Å²) in [5, 5.41) is 2.63. The monoisotopic (exact) mass is 342 g/mol. The van der Waals surface area contributed by atoms with E-state index >= 15 is 0 Å². The maximum atomic E-state index is 5.64. The largest absolute Gasteiger partial charge is 0.375 e. The Balaban J connectivity index is 0.00000162. The lowest BCUT2D eigenvalue weighted by molar-refractivity contribution is 1.30.